The van der Waals surface area contributed by atoms with Gasteiger partial charge in [-0.05, 0) is 31.2 Å². The van der Waals surface area contributed by atoms with Crippen LogP contribution in [-0.4, -0.2) is 8.42 Å². The van der Waals surface area contributed by atoms with E-state index in [9.17, 15) is 26.4 Å². The van der Waals surface area contributed by atoms with E-state index in [2.05, 4.69) is 0 Å². The van der Waals surface area contributed by atoms with Gasteiger partial charge in [-0.15, -0.1) is 11.3 Å². The molecule has 0 bridgehead atoms. The van der Waals surface area contributed by atoms with Gasteiger partial charge in [-0.25, -0.2) is 4.79 Å². The van der Waals surface area contributed by atoms with E-state index >= 15 is 0 Å². The molecule has 3 aromatic rings. The molecule has 0 aliphatic rings. The Morgan fingerprint density at radius 2 is 1.84 bits per heavy atom. The minimum absolute atomic E-state index is 0.0457. The quantitative estimate of drug-likeness (QED) is 0.500. The maximum absolute atomic E-state index is 13.0. The Bertz CT molecular complexity index is 1110. The van der Waals surface area contributed by atoms with Gasteiger partial charge in [0.2, 0.25) is 0 Å². The number of alkyl halides is 3. The lowest BCUT2D eigenvalue weighted by molar-refractivity contribution is -0.136. The second-order valence-corrected chi connectivity index (χ2v) is 8.10. The summed E-state index contributed by atoms with van der Waals surface area (Å²) in [7, 11) is -4.13. The van der Waals surface area contributed by atoms with Crippen molar-refractivity contribution in [2.24, 2.45) is 0 Å². The molecular formula is C15H9F3O5S2. The highest BCUT2D eigenvalue weighted by Gasteiger charge is 2.34. The minimum atomic E-state index is -4.75. The van der Waals surface area contributed by atoms with Crippen molar-refractivity contribution >= 4 is 32.4 Å². The number of rotatable bonds is 3. The summed E-state index contributed by atoms with van der Waals surface area (Å²) in [5.41, 5.74) is -2.79. The zero-order valence-corrected chi connectivity index (χ0v) is 14.1. The van der Waals surface area contributed by atoms with Gasteiger partial charge in [0.05, 0.1) is 5.56 Å². The molecule has 0 fully saturated rings. The molecule has 3 rings (SSSR count). The zero-order valence-electron chi connectivity index (χ0n) is 12.5. The van der Waals surface area contributed by atoms with Crippen LogP contribution in [0.5, 0.6) is 5.75 Å². The molecule has 0 radical (unpaired) electrons. The van der Waals surface area contributed by atoms with Gasteiger partial charge in [0.15, 0.2) is 4.21 Å². The van der Waals surface area contributed by atoms with Crippen LogP contribution in [0, 0.1) is 6.92 Å². The Morgan fingerprint density at radius 3 is 2.44 bits per heavy atom. The number of benzene rings is 1. The standard InChI is InChI=1S/C15H9F3O5S2/c1-8-2-5-14(24-8)25(20,21)23-9-3-4-10-11(15(16,17)18)7-13(19)22-12(10)6-9/h2-7H,1H3. The van der Waals surface area contributed by atoms with Crippen LogP contribution in [0.4, 0.5) is 13.2 Å². The van der Waals surface area contributed by atoms with Crippen LogP contribution in [0.15, 0.2) is 49.8 Å². The number of halogens is 3. The first kappa shape index (κ1) is 17.5. The zero-order chi connectivity index (χ0) is 18.4. The van der Waals surface area contributed by atoms with Crippen LogP contribution in [0.1, 0.15) is 10.4 Å². The third kappa shape index (κ3) is 3.54. The Kier molecular flexibility index (Phi) is 4.12. The molecule has 0 aliphatic heterocycles. The molecule has 0 aliphatic carbocycles. The highest BCUT2D eigenvalue weighted by molar-refractivity contribution is 7.89. The highest BCUT2D eigenvalue weighted by atomic mass is 32.3. The average molecular weight is 390 g/mol. The molecule has 132 valence electrons. The number of thiophene rings is 1. The normalized spacial score (nSPS) is 12.5. The summed E-state index contributed by atoms with van der Waals surface area (Å²) >= 11 is 0.991. The Hall–Kier alpha value is -2.33. The number of fused-ring (bicyclic) bond motifs is 1. The van der Waals surface area contributed by atoms with E-state index in [1.165, 1.54) is 6.07 Å². The van der Waals surface area contributed by atoms with Gasteiger partial charge in [0.1, 0.15) is 11.3 Å². The molecule has 0 saturated heterocycles. The number of hydrogen-bond donors (Lipinski definition) is 0. The Balaban J connectivity index is 2.07. The van der Waals surface area contributed by atoms with Crippen molar-refractivity contribution in [3.8, 4) is 5.75 Å². The summed E-state index contributed by atoms with van der Waals surface area (Å²) < 4.78 is 72.9. The van der Waals surface area contributed by atoms with Gasteiger partial charge >= 0.3 is 21.9 Å². The first-order chi connectivity index (χ1) is 11.6. The number of aryl methyl sites for hydroxylation is 1. The van der Waals surface area contributed by atoms with Crippen molar-refractivity contribution < 1.29 is 30.2 Å². The van der Waals surface area contributed by atoms with E-state index in [4.69, 9.17) is 8.60 Å². The van der Waals surface area contributed by atoms with Crippen LogP contribution in [0.3, 0.4) is 0 Å². The largest absolute Gasteiger partial charge is 0.423 e. The molecule has 5 nitrogen and oxygen atoms in total. The van der Waals surface area contributed by atoms with Crippen molar-refractivity contribution in [3.63, 3.8) is 0 Å². The van der Waals surface area contributed by atoms with Crippen LogP contribution in [0.2, 0.25) is 0 Å². The molecule has 0 amide bonds. The van der Waals surface area contributed by atoms with Crippen molar-refractivity contribution in [1.82, 2.24) is 0 Å². The Labute approximate surface area is 143 Å². The molecule has 0 saturated carbocycles. The minimum Gasteiger partial charge on any atom is -0.423 e. The average Bonchev–Trinajstić information content (AvgIpc) is 2.92. The van der Waals surface area contributed by atoms with Crippen molar-refractivity contribution in [2.45, 2.75) is 17.3 Å². The lowest BCUT2D eigenvalue weighted by Gasteiger charge is -2.10. The fourth-order valence-corrected chi connectivity index (χ4v) is 4.31. The van der Waals surface area contributed by atoms with Gasteiger partial charge in [-0.3, -0.25) is 0 Å². The smallest absolute Gasteiger partial charge is 0.417 e. The fraction of sp³-hybridized carbons (Fsp3) is 0.133. The topological polar surface area (TPSA) is 73.6 Å². The predicted molar refractivity (Wildman–Crippen MR) is 84.4 cm³/mol. The van der Waals surface area contributed by atoms with E-state index in [0.29, 0.717) is 6.07 Å². The highest BCUT2D eigenvalue weighted by Crippen LogP contribution is 2.35. The Morgan fingerprint density at radius 1 is 1.12 bits per heavy atom. The van der Waals surface area contributed by atoms with E-state index in [1.807, 2.05) is 0 Å². The molecule has 2 heterocycles. The van der Waals surface area contributed by atoms with Crippen LogP contribution < -0.4 is 9.81 Å². The summed E-state index contributed by atoms with van der Waals surface area (Å²) in [5.74, 6) is -0.263. The van der Waals surface area contributed by atoms with Crippen molar-refractivity contribution in [3.05, 3.63) is 57.3 Å². The van der Waals surface area contributed by atoms with E-state index in [1.54, 1.807) is 13.0 Å². The van der Waals surface area contributed by atoms with E-state index in [-0.39, 0.29) is 15.3 Å². The molecule has 1 aromatic carbocycles. The number of hydrogen-bond acceptors (Lipinski definition) is 6. The van der Waals surface area contributed by atoms with Gasteiger partial charge in [-0.1, -0.05) is 0 Å². The molecule has 0 N–H and O–H groups in total. The second-order valence-electron chi connectivity index (χ2n) is 5.04. The maximum atomic E-state index is 13.0. The third-order valence-corrected chi connectivity index (χ3v) is 5.89. The second kappa shape index (κ2) is 5.88. The summed E-state index contributed by atoms with van der Waals surface area (Å²) in [5, 5.41) is -0.371. The molecule has 0 atom stereocenters. The fourth-order valence-electron chi connectivity index (χ4n) is 2.14. The van der Waals surface area contributed by atoms with E-state index < -0.39 is 33.1 Å². The van der Waals surface area contributed by atoms with E-state index in [0.717, 1.165) is 34.4 Å². The summed E-state index contributed by atoms with van der Waals surface area (Å²) in [6.07, 6.45) is -4.75. The molecular weight excluding hydrogens is 381 g/mol. The van der Waals surface area contributed by atoms with Crippen molar-refractivity contribution in [2.75, 3.05) is 0 Å². The maximum Gasteiger partial charge on any atom is 0.417 e. The molecule has 0 unspecified atom stereocenters. The molecule has 2 aromatic heterocycles. The van der Waals surface area contributed by atoms with Gasteiger partial charge in [-0.2, -0.15) is 21.6 Å². The lowest BCUT2D eigenvalue weighted by atomic mass is 10.1. The SMILES string of the molecule is Cc1ccc(S(=O)(=O)Oc2ccc3c(C(F)(F)F)cc(=O)oc3c2)s1. The van der Waals surface area contributed by atoms with Gasteiger partial charge < -0.3 is 8.60 Å². The van der Waals surface area contributed by atoms with Crippen LogP contribution >= 0.6 is 11.3 Å². The van der Waals surface area contributed by atoms with Gasteiger partial charge in [0.25, 0.3) is 0 Å². The molecule has 10 heteroatoms. The monoisotopic (exact) mass is 390 g/mol. The molecule has 25 heavy (non-hydrogen) atoms. The first-order valence-corrected chi connectivity index (χ1v) is 8.95. The van der Waals surface area contributed by atoms with Crippen LogP contribution in [0.25, 0.3) is 11.0 Å². The summed E-state index contributed by atoms with van der Waals surface area (Å²) in [6.45, 7) is 1.72. The lowest BCUT2D eigenvalue weighted by Crippen LogP contribution is -2.11. The third-order valence-electron chi connectivity index (χ3n) is 3.19. The van der Waals surface area contributed by atoms with Gasteiger partial charge in [0, 0.05) is 22.4 Å². The first-order valence-electron chi connectivity index (χ1n) is 6.72. The van der Waals surface area contributed by atoms with Crippen LogP contribution in [-0.2, 0) is 16.3 Å². The van der Waals surface area contributed by atoms with Crippen molar-refractivity contribution in [1.29, 1.82) is 0 Å². The predicted octanol–water partition coefficient (Wildman–Crippen LogP) is 3.95. The molecule has 0 spiro atoms. The summed E-state index contributed by atoms with van der Waals surface area (Å²) in [4.78, 5) is 12.1. The summed E-state index contributed by atoms with van der Waals surface area (Å²) in [6, 6.07) is 6.29.